The molecule has 0 aromatic heterocycles. The summed E-state index contributed by atoms with van der Waals surface area (Å²) in [6, 6.07) is 11.0. The average Bonchev–Trinajstić information content (AvgIpc) is 2.65. The highest BCUT2D eigenvalue weighted by Crippen LogP contribution is 2.36. The predicted molar refractivity (Wildman–Crippen MR) is 103 cm³/mol. The van der Waals surface area contributed by atoms with Gasteiger partial charge in [0.15, 0.2) is 0 Å². The molecule has 1 saturated heterocycles. The third-order valence-electron chi connectivity index (χ3n) is 4.94. The van der Waals surface area contributed by atoms with Gasteiger partial charge in [0.2, 0.25) is 11.8 Å². The molecule has 3 rings (SSSR count). The maximum absolute atomic E-state index is 13.8. The molecule has 1 aliphatic heterocycles. The van der Waals surface area contributed by atoms with Crippen molar-refractivity contribution in [3.63, 3.8) is 0 Å². The molecule has 7 heteroatoms. The fourth-order valence-electron chi connectivity index (χ4n) is 3.31. The standard InChI is InChI=1S/C20H18BrFN2O3/c1-2-20(10-9-17(25)24-19(20)27)12-3-6-14(7-4-12)23-18(26)15-11-13(21)5-8-16(15)22/h3-8,11H,2,9-10H2,1H3,(H,23,26)(H,24,25,27). The Bertz CT molecular complexity index is 914. The minimum atomic E-state index is -0.757. The molecule has 0 saturated carbocycles. The second-order valence-electron chi connectivity index (χ2n) is 6.47. The lowest BCUT2D eigenvalue weighted by Crippen LogP contribution is -2.51. The van der Waals surface area contributed by atoms with Crippen LogP contribution in [-0.4, -0.2) is 17.7 Å². The highest BCUT2D eigenvalue weighted by Gasteiger charge is 2.42. The van der Waals surface area contributed by atoms with Crippen molar-refractivity contribution in [2.24, 2.45) is 0 Å². The summed E-state index contributed by atoms with van der Waals surface area (Å²) in [5, 5.41) is 5.06. The zero-order valence-corrected chi connectivity index (χ0v) is 16.2. The van der Waals surface area contributed by atoms with Gasteiger partial charge in [0.1, 0.15) is 5.82 Å². The summed E-state index contributed by atoms with van der Waals surface area (Å²) in [7, 11) is 0. The van der Waals surface area contributed by atoms with Gasteiger partial charge in [0, 0.05) is 16.6 Å². The number of amides is 3. The largest absolute Gasteiger partial charge is 0.322 e. The molecule has 3 amide bonds. The second-order valence-corrected chi connectivity index (χ2v) is 7.38. The SMILES string of the molecule is CCC1(c2ccc(NC(=O)c3cc(Br)ccc3F)cc2)CCC(=O)NC1=O. The summed E-state index contributed by atoms with van der Waals surface area (Å²) in [6.45, 7) is 1.90. The highest BCUT2D eigenvalue weighted by atomic mass is 79.9. The Morgan fingerprint density at radius 3 is 2.56 bits per heavy atom. The number of piperidine rings is 1. The van der Waals surface area contributed by atoms with Gasteiger partial charge in [-0.25, -0.2) is 4.39 Å². The van der Waals surface area contributed by atoms with E-state index in [-0.39, 0.29) is 17.4 Å². The number of carbonyl (C=O) groups is 3. The van der Waals surface area contributed by atoms with Crippen LogP contribution in [-0.2, 0) is 15.0 Å². The molecular formula is C20H18BrFN2O3. The zero-order valence-electron chi connectivity index (χ0n) is 14.6. The Labute approximate surface area is 164 Å². The van der Waals surface area contributed by atoms with E-state index in [0.29, 0.717) is 29.4 Å². The number of nitrogens with one attached hydrogen (secondary N) is 2. The van der Waals surface area contributed by atoms with Crippen LogP contribution in [0.4, 0.5) is 10.1 Å². The molecule has 0 aliphatic carbocycles. The quantitative estimate of drug-likeness (QED) is 0.718. The molecular weight excluding hydrogens is 415 g/mol. The van der Waals surface area contributed by atoms with Crippen LogP contribution in [0.15, 0.2) is 46.9 Å². The second kappa shape index (κ2) is 7.60. The van der Waals surface area contributed by atoms with Gasteiger partial charge in [0.05, 0.1) is 11.0 Å². The Hall–Kier alpha value is -2.54. The first-order valence-electron chi connectivity index (χ1n) is 8.57. The first-order chi connectivity index (χ1) is 12.9. The smallest absolute Gasteiger partial charge is 0.258 e. The highest BCUT2D eigenvalue weighted by molar-refractivity contribution is 9.10. The van der Waals surface area contributed by atoms with Crippen molar-refractivity contribution in [2.75, 3.05) is 5.32 Å². The van der Waals surface area contributed by atoms with Crippen molar-refractivity contribution >= 4 is 39.3 Å². The normalized spacial score (nSPS) is 19.5. The van der Waals surface area contributed by atoms with Crippen LogP contribution in [0.2, 0.25) is 0 Å². The third kappa shape index (κ3) is 3.78. The number of hydrogen-bond acceptors (Lipinski definition) is 3. The Morgan fingerprint density at radius 2 is 1.93 bits per heavy atom. The van der Waals surface area contributed by atoms with E-state index in [1.165, 1.54) is 18.2 Å². The van der Waals surface area contributed by atoms with Crippen LogP contribution in [0, 0.1) is 5.82 Å². The topological polar surface area (TPSA) is 75.3 Å². The molecule has 27 heavy (non-hydrogen) atoms. The van der Waals surface area contributed by atoms with Gasteiger partial charge in [-0.2, -0.15) is 0 Å². The lowest BCUT2D eigenvalue weighted by Gasteiger charge is -2.35. The van der Waals surface area contributed by atoms with Crippen molar-refractivity contribution < 1.29 is 18.8 Å². The molecule has 0 spiro atoms. The molecule has 0 radical (unpaired) electrons. The molecule has 5 nitrogen and oxygen atoms in total. The van der Waals surface area contributed by atoms with Crippen molar-refractivity contribution in [2.45, 2.75) is 31.6 Å². The van der Waals surface area contributed by atoms with Crippen LogP contribution in [0.25, 0.3) is 0 Å². The summed E-state index contributed by atoms with van der Waals surface area (Å²) >= 11 is 3.22. The molecule has 1 fully saturated rings. The molecule has 1 atom stereocenters. The Morgan fingerprint density at radius 1 is 1.22 bits per heavy atom. The molecule has 1 heterocycles. The molecule has 1 aliphatic rings. The monoisotopic (exact) mass is 432 g/mol. The molecule has 2 aromatic carbocycles. The van der Waals surface area contributed by atoms with E-state index >= 15 is 0 Å². The van der Waals surface area contributed by atoms with E-state index in [1.807, 2.05) is 6.92 Å². The Balaban J connectivity index is 1.81. The van der Waals surface area contributed by atoms with Crippen LogP contribution in [0.1, 0.15) is 42.1 Å². The molecule has 2 aromatic rings. The van der Waals surface area contributed by atoms with Gasteiger partial charge >= 0.3 is 0 Å². The van der Waals surface area contributed by atoms with Gasteiger partial charge in [-0.15, -0.1) is 0 Å². The molecule has 2 N–H and O–H groups in total. The van der Waals surface area contributed by atoms with E-state index in [2.05, 4.69) is 26.6 Å². The first kappa shape index (κ1) is 19.2. The van der Waals surface area contributed by atoms with E-state index in [4.69, 9.17) is 0 Å². The number of rotatable bonds is 4. The van der Waals surface area contributed by atoms with Gasteiger partial charge in [-0.1, -0.05) is 35.0 Å². The summed E-state index contributed by atoms with van der Waals surface area (Å²) in [4.78, 5) is 36.2. The summed E-state index contributed by atoms with van der Waals surface area (Å²) in [5.41, 5.74) is 0.444. The van der Waals surface area contributed by atoms with E-state index in [0.717, 1.165) is 5.56 Å². The fraction of sp³-hybridized carbons (Fsp3) is 0.250. The maximum Gasteiger partial charge on any atom is 0.258 e. The summed E-state index contributed by atoms with van der Waals surface area (Å²) < 4.78 is 14.5. The first-order valence-corrected chi connectivity index (χ1v) is 9.36. The molecule has 140 valence electrons. The van der Waals surface area contributed by atoms with Crippen LogP contribution >= 0.6 is 15.9 Å². The number of anilines is 1. The lowest BCUT2D eigenvalue weighted by molar-refractivity contribution is -0.138. The lowest BCUT2D eigenvalue weighted by atomic mass is 9.72. The van der Waals surface area contributed by atoms with Crippen LogP contribution < -0.4 is 10.6 Å². The molecule has 1 unspecified atom stereocenters. The van der Waals surface area contributed by atoms with E-state index in [1.54, 1.807) is 24.3 Å². The van der Waals surface area contributed by atoms with Crippen molar-refractivity contribution in [3.8, 4) is 0 Å². The number of hydrogen-bond donors (Lipinski definition) is 2. The van der Waals surface area contributed by atoms with Gasteiger partial charge < -0.3 is 5.32 Å². The minimum Gasteiger partial charge on any atom is -0.322 e. The van der Waals surface area contributed by atoms with Gasteiger partial charge in [-0.05, 0) is 48.7 Å². The summed E-state index contributed by atoms with van der Waals surface area (Å²) in [5.74, 6) is -1.73. The zero-order chi connectivity index (χ0) is 19.6. The maximum atomic E-state index is 13.8. The molecule has 0 bridgehead atoms. The number of benzene rings is 2. The number of imide groups is 1. The van der Waals surface area contributed by atoms with Crippen LogP contribution in [0.5, 0.6) is 0 Å². The van der Waals surface area contributed by atoms with Gasteiger partial charge in [-0.3, -0.25) is 19.7 Å². The number of carbonyl (C=O) groups excluding carboxylic acids is 3. The average molecular weight is 433 g/mol. The van der Waals surface area contributed by atoms with Crippen molar-refractivity contribution in [1.82, 2.24) is 5.32 Å². The predicted octanol–water partition coefficient (Wildman–Crippen LogP) is 3.92. The van der Waals surface area contributed by atoms with Crippen molar-refractivity contribution in [3.05, 3.63) is 63.9 Å². The minimum absolute atomic E-state index is 0.0661. The summed E-state index contributed by atoms with van der Waals surface area (Å²) in [6.07, 6.45) is 1.30. The third-order valence-corrected chi connectivity index (χ3v) is 5.43. The van der Waals surface area contributed by atoms with Gasteiger partial charge in [0.25, 0.3) is 5.91 Å². The number of halogens is 2. The van der Waals surface area contributed by atoms with E-state index < -0.39 is 17.1 Å². The van der Waals surface area contributed by atoms with Crippen molar-refractivity contribution in [1.29, 1.82) is 0 Å². The Kier molecular flexibility index (Phi) is 5.41. The van der Waals surface area contributed by atoms with Crippen LogP contribution in [0.3, 0.4) is 0 Å². The van der Waals surface area contributed by atoms with E-state index in [9.17, 15) is 18.8 Å². The fourth-order valence-corrected chi connectivity index (χ4v) is 3.67.